The fourth-order valence-corrected chi connectivity index (χ4v) is 6.18. The summed E-state index contributed by atoms with van der Waals surface area (Å²) >= 11 is 6.67. The summed E-state index contributed by atoms with van der Waals surface area (Å²) < 4.78 is 6.22. The Labute approximate surface area is 294 Å². The third-order valence-electron chi connectivity index (χ3n) is 8.93. The number of rotatable bonds is 12. The highest BCUT2D eigenvalue weighted by Gasteiger charge is 2.22. The van der Waals surface area contributed by atoms with Gasteiger partial charge in [-0.3, -0.25) is 14.5 Å². The predicted octanol–water partition coefficient (Wildman–Crippen LogP) is 7.48. The zero-order valence-corrected chi connectivity index (χ0v) is 30.0. The Morgan fingerprint density at radius 2 is 1.63 bits per heavy atom. The summed E-state index contributed by atoms with van der Waals surface area (Å²) in [5.74, 6) is 0.199. The van der Waals surface area contributed by atoms with Gasteiger partial charge in [0.15, 0.2) is 0 Å². The number of ether oxygens (including phenoxy) is 1. The minimum atomic E-state index is -0.418. The Bertz CT molecular complexity index is 1750. The number of anilines is 4. The zero-order chi connectivity index (χ0) is 35.1. The van der Waals surface area contributed by atoms with Crippen molar-refractivity contribution in [3.8, 4) is 11.6 Å². The van der Waals surface area contributed by atoms with Crippen LogP contribution in [0.3, 0.4) is 0 Å². The second kappa shape index (κ2) is 16.2. The topological polar surface area (TPSA) is 103 Å². The molecule has 11 heteroatoms. The number of benzene rings is 3. The van der Waals surface area contributed by atoms with Crippen molar-refractivity contribution in [3.05, 3.63) is 94.1 Å². The summed E-state index contributed by atoms with van der Waals surface area (Å²) in [7, 11) is 0. The molecule has 0 bridgehead atoms. The number of aromatic nitrogens is 2. The fourth-order valence-electron chi connectivity index (χ4n) is 5.94. The first-order valence-corrected chi connectivity index (χ1v) is 17.3. The Hall–Kier alpha value is -4.67. The third-order valence-corrected chi connectivity index (χ3v) is 9.22. The van der Waals surface area contributed by atoms with Gasteiger partial charge in [-0.25, -0.2) is 4.98 Å². The van der Waals surface area contributed by atoms with Gasteiger partial charge in [0.05, 0.1) is 11.4 Å². The Morgan fingerprint density at radius 3 is 2.24 bits per heavy atom. The molecule has 1 fully saturated rings. The van der Waals surface area contributed by atoms with Crippen LogP contribution in [0, 0.1) is 13.8 Å². The minimum Gasteiger partial charge on any atom is -0.436 e. The predicted molar refractivity (Wildman–Crippen MR) is 198 cm³/mol. The molecule has 2 heterocycles. The number of hydrogen-bond acceptors (Lipinski definition) is 8. The zero-order valence-electron chi connectivity index (χ0n) is 29.2. The lowest BCUT2D eigenvalue weighted by Gasteiger charge is -2.38. The maximum Gasteiger partial charge on any atom is 0.262 e. The molecule has 1 saturated heterocycles. The molecule has 5 rings (SSSR count). The average Bonchev–Trinajstić information content (AvgIpc) is 3.08. The molecule has 2 amide bonds. The number of nitrogens with zero attached hydrogens (tertiary/aromatic N) is 5. The van der Waals surface area contributed by atoms with E-state index in [1.807, 2.05) is 58.0 Å². The van der Waals surface area contributed by atoms with Gasteiger partial charge < -0.3 is 25.2 Å². The van der Waals surface area contributed by atoms with Crippen LogP contribution in [0.15, 0.2) is 66.9 Å². The Kier molecular flexibility index (Phi) is 11.7. The van der Waals surface area contributed by atoms with Crippen LogP contribution in [-0.4, -0.2) is 76.9 Å². The van der Waals surface area contributed by atoms with E-state index >= 15 is 0 Å². The van der Waals surface area contributed by atoms with Crippen molar-refractivity contribution >= 4 is 46.4 Å². The van der Waals surface area contributed by atoms with Crippen molar-refractivity contribution < 1.29 is 14.3 Å². The van der Waals surface area contributed by atoms with Gasteiger partial charge >= 0.3 is 0 Å². The molecule has 1 aliphatic rings. The number of aryl methyl sites for hydroxylation is 2. The van der Waals surface area contributed by atoms with Gasteiger partial charge in [-0.15, -0.1) is 0 Å². The number of hydrogen-bond donors (Lipinski definition) is 2. The molecule has 1 aromatic heterocycles. The van der Waals surface area contributed by atoms with Gasteiger partial charge in [0.25, 0.3) is 5.91 Å². The van der Waals surface area contributed by atoms with Crippen LogP contribution in [-0.2, 0) is 11.2 Å². The van der Waals surface area contributed by atoms with Crippen LogP contribution in [0.2, 0.25) is 5.02 Å². The van der Waals surface area contributed by atoms with Crippen molar-refractivity contribution in [2.45, 2.75) is 54.0 Å². The smallest absolute Gasteiger partial charge is 0.262 e. The molecule has 3 aromatic carbocycles. The fraction of sp³-hybridized carbons (Fsp3) is 0.368. The normalized spacial score (nSPS) is 13.3. The van der Waals surface area contributed by atoms with Crippen LogP contribution >= 0.6 is 11.6 Å². The van der Waals surface area contributed by atoms with Crippen LogP contribution in [0.1, 0.15) is 54.7 Å². The summed E-state index contributed by atoms with van der Waals surface area (Å²) in [6.07, 6.45) is 1.67. The monoisotopic (exact) mass is 683 g/mol. The molecule has 258 valence electrons. The van der Waals surface area contributed by atoms with Gasteiger partial charge in [0, 0.05) is 68.6 Å². The molecule has 0 unspecified atom stereocenters. The van der Waals surface area contributed by atoms with E-state index in [0.717, 1.165) is 54.2 Å². The van der Waals surface area contributed by atoms with Crippen molar-refractivity contribution in [3.63, 3.8) is 0 Å². The number of para-hydroxylation sites is 1. The van der Waals surface area contributed by atoms with E-state index in [4.69, 9.17) is 16.3 Å². The second-order valence-electron chi connectivity index (χ2n) is 12.5. The number of likely N-dealkylation sites (N-methyl/N-ethyl adjacent to an activating group) is 1. The highest BCUT2D eigenvalue weighted by molar-refractivity contribution is 6.32. The first-order valence-electron chi connectivity index (χ1n) is 16.9. The van der Waals surface area contributed by atoms with Crippen LogP contribution in [0.25, 0.3) is 0 Å². The molecular formula is C38H46ClN7O3. The SMILES string of the molecule is CCN(CC)C(=O)Cc1ccc(Oc2nc(Nc3ccc(N4CCN(C(C)C)CC4)cc3)ncc2C(=O)Nc2c(C)cccc2C)c(Cl)c1. The van der Waals surface area contributed by atoms with E-state index in [-0.39, 0.29) is 29.7 Å². The van der Waals surface area contributed by atoms with Crippen LogP contribution < -0.4 is 20.3 Å². The van der Waals surface area contributed by atoms with Crippen molar-refractivity contribution in [1.29, 1.82) is 0 Å². The standard InChI is InChI=1S/C38H46ClN7O3/c1-7-44(8-2)34(47)23-28-12-17-33(32(39)22-28)49-37-31(36(48)42-35-26(5)10-9-11-27(35)6)24-40-38(43-37)41-29-13-15-30(16-14-29)46-20-18-45(19-21-46)25(3)4/h9-17,22,24-25H,7-8,18-21,23H2,1-6H3,(H,42,48)(H,40,41,43). The highest BCUT2D eigenvalue weighted by atomic mass is 35.5. The second-order valence-corrected chi connectivity index (χ2v) is 12.9. The highest BCUT2D eigenvalue weighted by Crippen LogP contribution is 2.33. The lowest BCUT2D eigenvalue weighted by molar-refractivity contribution is -0.130. The molecule has 0 spiro atoms. The number of carbonyl (C=O) groups excluding carboxylic acids is 2. The lowest BCUT2D eigenvalue weighted by Crippen LogP contribution is -2.48. The van der Waals surface area contributed by atoms with Gasteiger partial charge in [0.1, 0.15) is 11.3 Å². The number of nitrogens with one attached hydrogen (secondary N) is 2. The summed E-state index contributed by atoms with van der Waals surface area (Å²) in [5.41, 5.74) is 5.43. The van der Waals surface area contributed by atoms with Crippen molar-refractivity contribution in [2.75, 3.05) is 54.8 Å². The number of carbonyl (C=O) groups is 2. The van der Waals surface area contributed by atoms with Gasteiger partial charge in [-0.1, -0.05) is 35.9 Å². The largest absolute Gasteiger partial charge is 0.436 e. The van der Waals surface area contributed by atoms with E-state index in [1.54, 1.807) is 23.1 Å². The van der Waals surface area contributed by atoms with Gasteiger partial charge in [0.2, 0.25) is 17.7 Å². The van der Waals surface area contributed by atoms with E-state index in [2.05, 4.69) is 56.4 Å². The Morgan fingerprint density at radius 1 is 0.959 bits per heavy atom. The summed E-state index contributed by atoms with van der Waals surface area (Å²) in [6.45, 7) is 17.6. The molecule has 0 atom stereocenters. The average molecular weight is 684 g/mol. The van der Waals surface area contributed by atoms with E-state index in [1.165, 1.54) is 6.20 Å². The van der Waals surface area contributed by atoms with E-state index in [9.17, 15) is 9.59 Å². The van der Waals surface area contributed by atoms with Crippen LogP contribution in [0.4, 0.5) is 23.0 Å². The molecule has 2 N–H and O–H groups in total. The van der Waals surface area contributed by atoms with Crippen molar-refractivity contribution in [1.82, 2.24) is 19.8 Å². The maximum absolute atomic E-state index is 13.7. The Balaban J connectivity index is 1.38. The van der Waals surface area contributed by atoms with Gasteiger partial charge in [-0.05, 0) is 94.6 Å². The molecule has 49 heavy (non-hydrogen) atoms. The summed E-state index contributed by atoms with van der Waals surface area (Å²) in [5, 5.41) is 6.54. The number of amides is 2. The van der Waals surface area contributed by atoms with Crippen LogP contribution in [0.5, 0.6) is 11.6 Å². The molecule has 10 nitrogen and oxygen atoms in total. The molecular weight excluding hydrogens is 638 g/mol. The first-order chi connectivity index (χ1) is 23.6. The number of piperazine rings is 1. The lowest BCUT2D eigenvalue weighted by atomic mass is 10.1. The number of halogens is 1. The molecule has 0 radical (unpaired) electrons. The van der Waals surface area contributed by atoms with Gasteiger partial charge in [-0.2, -0.15) is 4.98 Å². The third kappa shape index (κ3) is 8.87. The quantitative estimate of drug-likeness (QED) is 0.159. The van der Waals surface area contributed by atoms with Crippen molar-refractivity contribution in [2.24, 2.45) is 0 Å². The molecule has 0 saturated carbocycles. The van der Waals surface area contributed by atoms with E-state index in [0.29, 0.717) is 35.6 Å². The molecule has 0 aliphatic carbocycles. The molecule has 4 aromatic rings. The molecule has 1 aliphatic heterocycles. The minimum absolute atomic E-state index is 0.0217. The maximum atomic E-state index is 13.7. The van der Waals surface area contributed by atoms with E-state index < -0.39 is 5.91 Å². The summed E-state index contributed by atoms with van der Waals surface area (Å²) in [4.78, 5) is 42.1. The first kappa shape index (κ1) is 35.6. The summed E-state index contributed by atoms with van der Waals surface area (Å²) in [6, 6.07) is 19.7.